The van der Waals surface area contributed by atoms with Gasteiger partial charge >= 0.3 is 0 Å². The molecule has 2 saturated heterocycles. The predicted molar refractivity (Wildman–Crippen MR) is 83.5 cm³/mol. The van der Waals surface area contributed by atoms with Crippen molar-refractivity contribution in [2.24, 2.45) is 11.1 Å². The molecule has 5 heteroatoms. The van der Waals surface area contributed by atoms with Gasteiger partial charge in [0.25, 0.3) is 0 Å². The van der Waals surface area contributed by atoms with Crippen LogP contribution < -0.4 is 5.73 Å². The van der Waals surface area contributed by atoms with Gasteiger partial charge in [0.2, 0.25) is 5.91 Å². The Kier molecular flexibility index (Phi) is 5.38. The molecule has 1 atom stereocenters. The van der Waals surface area contributed by atoms with E-state index in [4.69, 9.17) is 22.7 Å². The third-order valence-electron chi connectivity index (χ3n) is 4.84. The van der Waals surface area contributed by atoms with E-state index in [0.29, 0.717) is 37.1 Å². The molecule has 0 radical (unpaired) electrons. The summed E-state index contributed by atoms with van der Waals surface area (Å²) in [4.78, 5) is 15.6. The minimum Gasteiger partial charge on any atom is -0.392 e. The molecule has 1 amide bonds. The number of likely N-dealkylation sites (tertiary alicyclic amines) is 1. The lowest BCUT2D eigenvalue weighted by atomic mass is 9.78. The Morgan fingerprint density at radius 1 is 1.35 bits per heavy atom. The van der Waals surface area contributed by atoms with Crippen molar-refractivity contribution in [3.8, 4) is 0 Å². The summed E-state index contributed by atoms with van der Waals surface area (Å²) in [6.07, 6.45) is 6.89. The molecule has 2 N–H and O–H groups in total. The van der Waals surface area contributed by atoms with Crippen molar-refractivity contribution in [2.45, 2.75) is 57.9 Å². The Morgan fingerprint density at radius 2 is 2.05 bits per heavy atom. The number of rotatable bonds is 3. The lowest BCUT2D eigenvalue weighted by Crippen LogP contribution is -2.55. The van der Waals surface area contributed by atoms with E-state index in [0.717, 1.165) is 25.8 Å². The number of hydrogen-bond acceptors (Lipinski definition) is 3. The Labute approximate surface area is 127 Å². The van der Waals surface area contributed by atoms with Crippen molar-refractivity contribution in [3.63, 3.8) is 0 Å². The van der Waals surface area contributed by atoms with Gasteiger partial charge in [-0.15, -0.1) is 0 Å². The molecule has 4 nitrogen and oxygen atoms in total. The fourth-order valence-electron chi connectivity index (χ4n) is 3.43. The second-order valence-corrected chi connectivity index (χ2v) is 6.41. The van der Waals surface area contributed by atoms with Gasteiger partial charge in [0.05, 0.1) is 4.99 Å². The fraction of sp³-hybridized carbons (Fsp3) is 0.867. The summed E-state index contributed by atoms with van der Waals surface area (Å²) >= 11 is 5.26. The van der Waals surface area contributed by atoms with Gasteiger partial charge < -0.3 is 15.4 Å². The van der Waals surface area contributed by atoms with Crippen LogP contribution in [0.1, 0.15) is 51.9 Å². The predicted octanol–water partition coefficient (Wildman–Crippen LogP) is 2.25. The fourth-order valence-corrected chi connectivity index (χ4v) is 3.72. The third-order valence-corrected chi connectivity index (χ3v) is 5.23. The van der Waals surface area contributed by atoms with Gasteiger partial charge in [-0.25, -0.2) is 0 Å². The molecule has 2 aliphatic heterocycles. The monoisotopic (exact) mass is 298 g/mol. The van der Waals surface area contributed by atoms with E-state index in [-0.39, 0.29) is 5.91 Å². The molecular formula is C15H26N2O2S. The van der Waals surface area contributed by atoms with Gasteiger partial charge in [0.15, 0.2) is 0 Å². The summed E-state index contributed by atoms with van der Waals surface area (Å²) in [5.41, 5.74) is 5.30. The summed E-state index contributed by atoms with van der Waals surface area (Å²) in [5, 5.41) is 0. The third kappa shape index (κ3) is 2.98. The largest absolute Gasteiger partial charge is 0.392 e. The Morgan fingerprint density at radius 3 is 2.65 bits per heavy atom. The molecule has 0 aromatic carbocycles. The molecule has 2 rings (SSSR count). The first-order valence-corrected chi connectivity index (χ1v) is 8.21. The summed E-state index contributed by atoms with van der Waals surface area (Å²) in [5.74, 6) is 0.155. The molecular weight excluding hydrogens is 272 g/mol. The van der Waals surface area contributed by atoms with Gasteiger partial charge in [0, 0.05) is 25.8 Å². The van der Waals surface area contributed by atoms with E-state index in [1.54, 1.807) is 0 Å². The molecule has 1 unspecified atom stereocenters. The topological polar surface area (TPSA) is 55.6 Å². The number of amides is 1. The zero-order chi connectivity index (χ0) is 14.6. The first-order valence-electron chi connectivity index (χ1n) is 7.80. The Bertz CT molecular complexity index is 367. The molecule has 0 aromatic rings. The van der Waals surface area contributed by atoms with Crippen LogP contribution >= 0.6 is 12.2 Å². The first kappa shape index (κ1) is 15.7. The maximum atomic E-state index is 13.1. The standard InChI is InChI=1S/C15H26N2O2S/c1-2-12-6-4-3-5-9-17(12)14(18)15(13(16)20)7-10-19-11-8-15/h12H,2-11H2,1H3,(H2,16,20). The average Bonchev–Trinajstić information content (AvgIpc) is 2.72. The van der Waals surface area contributed by atoms with Crippen LogP contribution in [0.25, 0.3) is 0 Å². The molecule has 2 aliphatic rings. The van der Waals surface area contributed by atoms with Crippen molar-refractivity contribution >= 4 is 23.1 Å². The number of ether oxygens (including phenoxy) is 1. The summed E-state index contributed by atoms with van der Waals surface area (Å²) in [7, 11) is 0. The van der Waals surface area contributed by atoms with E-state index in [1.807, 2.05) is 0 Å². The smallest absolute Gasteiger partial charge is 0.236 e. The van der Waals surface area contributed by atoms with Crippen molar-refractivity contribution in [1.82, 2.24) is 4.90 Å². The average molecular weight is 298 g/mol. The summed E-state index contributed by atoms with van der Waals surface area (Å²) in [6, 6.07) is 0.346. The number of carbonyl (C=O) groups excluding carboxylic acids is 1. The molecule has 2 fully saturated rings. The van der Waals surface area contributed by atoms with Gasteiger partial charge in [-0.1, -0.05) is 32.0 Å². The highest BCUT2D eigenvalue weighted by molar-refractivity contribution is 7.80. The van der Waals surface area contributed by atoms with Gasteiger partial charge in [-0.3, -0.25) is 4.79 Å². The molecule has 20 heavy (non-hydrogen) atoms. The van der Waals surface area contributed by atoms with E-state index < -0.39 is 5.41 Å². The number of thiocarbonyl (C=S) groups is 1. The van der Waals surface area contributed by atoms with Crippen LogP contribution in [0.2, 0.25) is 0 Å². The highest BCUT2D eigenvalue weighted by atomic mass is 32.1. The van der Waals surface area contributed by atoms with Crippen LogP contribution in [0.15, 0.2) is 0 Å². The summed E-state index contributed by atoms with van der Waals surface area (Å²) in [6.45, 7) is 4.16. The number of carbonyl (C=O) groups is 1. The number of hydrogen-bond donors (Lipinski definition) is 1. The van der Waals surface area contributed by atoms with E-state index in [2.05, 4.69) is 11.8 Å². The van der Waals surface area contributed by atoms with E-state index in [9.17, 15) is 4.79 Å². The lowest BCUT2D eigenvalue weighted by molar-refractivity contribution is -0.144. The van der Waals surface area contributed by atoms with Gasteiger partial charge in [-0.2, -0.15) is 0 Å². The molecule has 2 heterocycles. The zero-order valence-electron chi connectivity index (χ0n) is 12.4. The molecule has 0 spiro atoms. The minimum atomic E-state index is -0.661. The molecule has 0 aliphatic carbocycles. The van der Waals surface area contributed by atoms with Crippen molar-refractivity contribution < 1.29 is 9.53 Å². The second-order valence-electron chi connectivity index (χ2n) is 5.97. The van der Waals surface area contributed by atoms with E-state index >= 15 is 0 Å². The van der Waals surface area contributed by atoms with Gasteiger partial charge in [-0.05, 0) is 32.1 Å². The maximum absolute atomic E-state index is 13.1. The zero-order valence-corrected chi connectivity index (χ0v) is 13.2. The van der Waals surface area contributed by atoms with Crippen LogP contribution in [-0.2, 0) is 9.53 Å². The highest BCUT2D eigenvalue weighted by Crippen LogP contribution is 2.35. The molecule has 0 bridgehead atoms. The molecule has 0 saturated carbocycles. The van der Waals surface area contributed by atoms with Crippen molar-refractivity contribution in [1.29, 1.82) is 0 Å². The Balaban J connectivity index is 2.23. The summed E-state index contributed by atoms with van der Waals surface area (Å²) < 4.78 is 5.40. The number of nitrogens with zero attached hydrogens (tertiary/aromatic N) is 1. The van der Waals surface area contributed by atoms with Crippen LogP contribution in [-0.4, -0.2) is 41.6 Å². The van der Waals surface area contributed by atoms with Gasteiger partial charge in [0.1, 0.15) is 5.41 Å². The Hall–Kier alpha value is -0.680. The lowest BCUT2D eigenvalue weighted by Gasteiger charge is -2.41. The second kappa shape index (κ2) is 6.85. The molecule has 0 aromatic heterocycles. The quantitative estimate of drug-likeness (QED) is 0.812. The van der Waals surface area contributed by atoms with E-state index in [1.165, 1.54) is 12.8 Å². The van der Waals surface area contributed by atoms with Crippen LogP contribution in [0.3, 0.4) is 0 Å². The molecule has 114 valence electrons. The highest BCUT2D eigenvalue weighted by Gasteiger charge is 2.46. The van der Waals surface area contributed by atoms with Crippen molar-refractivity contribution in [2.75, 3.05) is 19.8 Å². The first-order chi connectivity index (χ1) is 9.62. The minimum absolute atomic E-state index is 0.155. The van der Waals surface area contributed by atoms with Crippen LogP contribution in [0, 0.1) is 5.41 Å². The normalized spacial score (nSPS) is 26.9. The number of nitrogens with two attached hydrogens (primary N) is 1. The van der Waals surface area contributed by atoms with Crippen molar-refractivity contribution in [3.05, 3.63) is 0 Å². The van der Waals surface area contributed by atoms with Crippen LogP contribution in [0.5, 0.6) is 0 Å². The van der Waals surface area contributed by atoms with Crippen LogP contribution in [0.4, 0.5) is 0 Å². The SMILES string of the molecule is CCC1CCCCCN1C(=O)C1(C(N)=S)CCOCC1. The maximum Gasteiger partial charge on any atom is 0.236 e.